The van der Waals surface area contributed by atoms with E-state index in [1.165, 1.54) is 11.3 Å². The Morgan fingerprint density at radius 2 is 2.07 bits per heavy atom. The van der Waals surface area contributed by atoms with Gasteiger partial charge in [-0.2, -0.15) is 0 Å². The van der Waals surface area contributed by atoms with Gasteiger partial charge in [0, 0.05) is 58.0 Å². The van der Waals surface area contributed by atoms with Gasteiger partial charge in [-0.25, -0.2) is 0 Å². The Balaban J connectivity index is 0.00000392. The Kier molecular flexibility index (Phi) is 13.3. The predicted molar refractivity (Wildman–Crippen MR) is 128 cm³/mol. The zero-order valence-electron chi connectivity index (χ0n) is 17.6. The van der Waals surface area contributed by atoms with E-state index in [2.05, 4.69) is 58.6 Å². The third-order valence-corrected chi connectivity index (χ3v) is 4.87. The van der Waals surface area contributed by atoms with Gasteiger partial charge in [0.2, 0.25) is 0 Å². The number of rotatable bonds is 11. The highest BCUT2D eigenvalue weighted by Gasteiger charge is 2.15. The van der Waals surface area contributed by atoms with E-state index in [4.69, 9.17) is 9.47 Å². The van der Waals surface area contributed by atoms with Gasteiger partial charge < -0.3 is 25.0 Å². The standard InChI is InChI=1S/C21H36N4O2.HI/c1-4-25(20-9-6-5-8-18(20)2)13-12-24-21(22-3)23-11-7-14-26-16-19-10-15-27-17-19;/h5-6,8-9,19H,4,7,10-17H2,1-3H3,(H2,22,23,24);1H. The lowest BCUT2D eigenvalue weighted by atomic mass is 10.1. The quantitative estimate of drug-likeness (QED) is 0.210. The smallest absolute Gasteiger partial charge is 0.191 e. The summed E-state index contributed by atoms with van der Waals surface area (Å²) >= 11 is 0. The summed E-state index contributed by atoms with van der Waals surface area (Å²) < 4.78 is 11.1. The summed E-state index contributed by atoms with van der Waals surface area (Å²) in [6.45, 7) is 11.3. The number of hydrogen-bond donors (Lipinski definition) is 2. The lowest BCUT2D eigenvalue weighted by Crippen LogP contribution is -2.42. The summed E-state index contributed by atoms with van der Waals surface area (Å²) in [6, 6.07) is 8.53. The molecule has 2 rings (SSSR count). The van der Waals surface area contributed by atoms with Gasteiger partial charge >= 0.3 is 0 Å². The molecule has 0 aromatic heterocycles. The van der Waals surface area contributed by atoms with Crippen molar-refractivity contribution in [2.45, 2.75) is 26.7 Å². The summed E-state index contributed by atoms with van der Waals surface area (Å²) in [5, 5.41) is 6.76. The van der Waals surface area contributed by atoms with Crippen molar-refractivity contribution in [3.05, 3.63) is 29.8 Å². The Labute approximate surface area is 187 Å². The van der Waals surface area contributed by atoms with Gasteiger partial charge in [0.1, 0.15) is 0 Å². The third kappa shape index (κ3) is 8.96. The topological polar surface area (TPSA) is 58.1 Å². The Morgan fingerprint density at radius 3 is 2.75 bits per heavy atom. The number of ether oxygens (including phenoxy) is 2. The van der Waals surface area contributed by atoms with Crippen LogP contribution < -0.4 is 15.5 Å². The average molecular weight is 504 g/mol. The van der Waals surface area contributed by atoms with Gasteiger partial charge in [0.25, 0.3) is 0 Å². The maximum atomic E-state index is 5.73. The highest BCUT2D eigenvalue weighted by molar-refractivity contribution is 14.0. The fourth-order valence-electron chi connectivity index (χ4n) is 3.24. The number of nitrogens with one attached hydrogen (secondary N) is 2. The molecule has 0 bridgehead atoms. The van der Waals surface area contributed by atoms with E-state index in [9.17, 15) is 0 Å². The first kappa shape index (κ1) is 25.0. The van der Waals surface area contributed by atoms with Crippen LogP contribution in [0.5, 0.6) is 0 Å². The van der Waals surface area contributed by atoms with E-state index in [-0.39, 0.29) is 24.0 Å². The second-order valence-electron chi connectivity index (χ2n) is 6.95. The maximum absolute atomic E-state index is 5.73. The van der Waals surface area contributed by atoms with Crippen LogP contribution in [-0.4, -0.2) is 65.6 Å². The van der Waals surface area contributed by atoms with Gasteiger partial charge in [-0.3, -0.25) is 4.99 Å². The summed E-state index contributed by atoms with van der Waals surface area (Å²) in [7, 11) is 1.81. The number of benzene rings is 1. The van der Waals surface area contributed by atoms with Crippen molar-refractivity contribution in [2.24, 2.45) is 10.9 Å². The first-order valence-corrected chi connectivity index (χ1v) is 10.1. The number of para-hydroxylation sites is 1. The number of aliphatic imine (C=N–C) groups is 1. The molecule has 1 aliphatic heterocycles. The SMILES string of the molecule is CCN(CCNC(=NC)NCCCOCC1CCOC1)c1ccccc1C.I. The van der Waals surface area contributed by atoms with Gasteiger partial charge in [-0.15, -0.1) is 24.0 Å². The number of hydrogen-bond acceptors (Lipinski definition) is 4. The molecule has 1 atom stereocenters. The van der Waals surface area contributed by atoms with Crippen molar-refractivity contribution in [3.63, 3.8) is 0 Å². The number of halogens is 1. The molecule has 1 unspecified atom stereocenters. The highest BCUT2D eigenvalue weighted by atomic mass is 127. The molecular weight excluding hydrogens is 467 g/mol. The summed E-state index contributed by atoms with van der Waals surface area (Å²) in [5.41, 5.74) is 2.61. The molecule has 1 fully saturated rings. The molecule has 0 aliphatic carbocycles. The largest absolute Gasteiger partial charge is 0.381 e. The van der Waals surface area contributed by atoms with Crippen molar-refractivity contribution in [2.75, 3.05) is 64.6 Å². The van der Waals surface area contributed by atoms with Gasteiger partial charge in [-0.1, -0.05) is 18.2 Å². The first-order chi connectivity index (χ1) is 13.2. The number of guanidine groups is 1. The van der Waals surface area contributed by atoms with Crippen molar-refractivity contribution < 1.29 is 9.47 Å². The van der Waals surface area contributed by atoms with Crippen LogP contribution in [0.1, 0.15) is 25.3 Å². The summed E-state index contributed by atoms with van der Waals surface area (Å²) in [5.74, 6) is 1.43. The van der Waals surface area contributed by atoms with E-state index in [0.717, 1.165) is 71.4 Å². The molecule has 1 saturated heterocycles. The van der Waals surface area contributed by atoms with Gasteiger partial charge in [0.05, 0.1) is 13.2 Å². The minimum absolute atomic E-state index is 0. The van der Waals surface area contributed by atoms with Crippen LogP contribution in [0.4, 0.5) is 5.69 Å². The summed E-state index contributed by atoms with van der Waals surface area (Å²) in [4.78, 5) is 6.69. The normalized spacial score (nSPS) is 16.5. The van der Waals surface area contributed by atoms with Crippen LogP contribution in [-0.2, 0) is 9.47 Å². The Bertz CT molecular complexity index is 565. The molecule has 1 aromatic rings. The number of likely N-dealkylation sites (N-methyl/N-ethyl adjacent to an activating group) is 1. The molecular formula is C21H37IN4O2. The van der Waals surface area contributed by atoms with Gasteiger partial charge in [0.15, 0.2) is 5.96 Å². The molecule has 28 heavy (non-hydrogen) atoms. The molecule has 0 amide bonds. The lowest BCUT2D eigenvalue weighted by molar-refractivity contribution is 0.0888. The van der Waals surface area contributed by atoms with Crippen LogP contribution in [0.25, 0.3) is 0 Å². The van der Waals surface area contributed by atoms with E-state index in [1.807, 2.05) is 7.05 Å². The molecule has 160 valence electrons. The number of aryl methyl sites for hydroxylation is 1. The van der Waals surface area contributed by atoms with E-state index in [1.54, 1.807) is 0 Å². The fraction of sp³-hybridized carbons (Fsp3) is 0.667. The molecule has 0 radical (unpaired) electrons. The second kappa shape index (κ2) is 14.9. The second-order valence-corrected chi connectivity index (χ2v) is 6.95. The molecule has 0 spiro atoms. The monoisotopic (exact) mass is 504 g/mol. The fourth-order valence-corrected chi connectivity index (χ4v) is 3.24. The zero-order valence-corrected chi connectivity index (χ0v) is 19.9. The van der Waals surface area contributed by atoms with Crippen molar-refractivity contribution >= 4 is 35.6 Å². The van der Waals surface area contributed by atoms with Crippen LogP contribution in [0.2, 0.25) is 0 Å². The molecule has 1 aromatic carbocycles. The first-order valence-electron chi connectivity index (χ1n) is 10.1. The third-order valence-electron chi connectivity index (χ3n) is 4.87. The predicted octanol–water partition coefficient (Wildman–Crippen LogP) is 3.05. The minimum Gasteiger partial charge on any atom is -0.381 e. The lowest BCUT2D eigenvalue weighted by Gasteiger charge is -2.25. The van der Waals surface area contributed by atoms with Crippen LogP contribution >= 0.6 is 24.0 Å². The van der Waals surface area contributed by atoms with E-state index >= 15 is 0 Å². The molecule has 1 aliphatic rings. The van der Waals surface area contributed by atoms with Crippen molar-refractivity contribution in [3.8, 4) is 0 Å². The van der Waals surface area contributed by atoms with Gasteiger partial charge in [-0.05, 0) is 38.3 Å². The molecule has 2 N–H and O–H groups in total. The zero-order chi connectivity index (χ0) is 19.3. The van der Waals surface area contributed by atoms with Crippen LogP contribution in [0.15, 0.2) is 29.3 Å². The highest BCUT2D eigenvalue weighted by Crippen LogP contribution is 2.18. The molecule has 7 heteroatoms. The minimum atomic E-state index is 0. The number of nitrogens with zero attached hydrogens (tertiary/aromatic N) is 2. The van der Waals surface area contributed by atoms with Crippen LogP contribution in [0, 0.1) is 12.8 Å². The molecule has 0 saturated carbocycles. The maximum Gasteiger partial charge on any atom is 0.191 e. The number of anilines is 1. The Hall–Kier alpha value is -1.06. The van der Waals surface area contributed by atoms with E-state index < -0.39 is 0 Å². The average Bonchev–Trinajstić information content (AvgIpc) is 3.20. The molecule has 6 nitrogen and oxygen atoms in total. The van der Waals surface area contributed by atoms with Crippen LogP contribution in [0.3, 0.4) is 0 Å². The van der Waals surface area contributed by atoms with E-state index in [0.29, 0.717) is 5.92 Å². The molecule has 1 heterocycles. The van der Waals surface area contributed by atoms with Crippen molar-refractivity contribution in [1.29, 1.82) is 0 Å². The van der Waals surface area contributed by atoms with Crippen molar-refractivity contribution in [1.82, 2.24) is 10.6 Å². The Morgan fingerprint density at radius 1 is 1.29 bits per heavy atom. The summed E-state index contributed by atoms with van der Waals surface area (Å²) in [6.07, 6.45) is 2.10.